The Morgan fingerprint density at radius 1 is 1.40 bits per heavy atom. The topological polar surface area (TPSA) is 98.2 Å². The highest BCUT2D eigenvalue weighted by molar-refractivity contribution is 7.19. The summed E-state index contributed by atoms with van der Waals surface area (Å²) < 4.78 is 0. The van der Waals surface area contributed by atoms with Gasteiger partial charge in [0, 0.05) is 18.3 Å². The van der Waals surface area contributed by atoms with Crippen LogP contribution in [-0.2, 0) is 6.42 Å². The third-order valence-electron chi connectivity index (χ3n) is 2.75. The van der Waals surface area contributed by atoms with Crippen molar-refractivity contribution in [2.75, 3.05) is 17.6 Å². The highest BCUT2D eigenvalue weighted by atomic mass is 32.1. The number of amides is 1. The summed E-state index contributed by atoms with van der Waals surface area (Å²) in [6.45, 7) is 2.07. The molecule has 7 heteroatoms. The first kappa shape index (κ1) is 14.5. The van der Waals surface area contributed by atoms with E-state index in [-0.39, 0.29) is 17.0 Å². The van der Waals surface area contributed by atoms with Crippen LogP contribution in [0.2, 0.25) is 0 Å². The Kier molecular flexibility index (Phi) is 4.41. The number of nitrogen functional groups attached to an aromatic ring is 1. The fourth-order valence-electron chi connectivity index (χ4n) is 1.83. The molecule has 2 aromatic heterocycles. The number of thiophene rings is 2. The van der Waals surface area contributed by atoms with Crippen LogP contribution in [0, 0.1) is 0 Å². The maximum absolute atomic E-state index is 11.5. The lowest BCUT2D eigenvalue weighted by molar-refractivity contribution is 0.100. The van der Waals surface area contributed by atoms with Crippen LogP contribution in [0.15, 0.2) is 17.5 Å². The smallest absolute Gasteiger partial charge is 0.253 e. The molecule has 0 saturated carbocycles. The van der Waals surface area contributed by atoms with E-state index in [2.05, 4.69) is 5.32 Å². The minimum absolute atomic E-state index is 0.165. The van der Waals surface area contributed by atoms with E-state index in [1.54, 1.807) is 11.3 Å². The van der Waals surface area contributed by atoms with Crippen LogP contribution in [0.5, 0.6) is 0 Å². The SMILES string of the molecule is CC(=O)c1sc(NCCc2cccs2)c(C(N)=O)c1N. The molecule has 0 aliphatic rings. The molecule has 0 radical (unpaired) electrons. The standard InChI is InChI=1S/C13H15N3O2S2/c1-7(17)11-10(14)9(12(15)18)13(20-11)16-5-4-8-3-2-6-19-8/h2-3,6,16H,4-5,14H2,1H3,(H2,15,18). The van der Waals surface area contributed by atoms with Gasteiger partial charge in [-0.3, -0.25) is 9.59 Å². The lowest BCUT2D eigenvalue weighted by atomic mass is 10.2. The molecular weight excluding hydrogens is 294 g/mol. The number of Topliss-reactive ketones (excluding diaryl/α,β-unsaturated/α-hetero) is 1. The zero-order chi connectivity index (χ0) is 14.7. The molecule has 0 atom stereocenters. The third kappa shape index (κ3) is 3.00. The number of carbonyl (C=O) groups excluding carboxylic acids is 2. The number of rotatable bonds is 6. The van der Waals surface area contributed by atoms with E-state index in [1.165, 1.54) is 23.1 Å². The fourth-order valence-corrected chi connectivity index (χ4v) is 3.58. The van der Waals surface area contributed by atoms with Gasteiger partial charge in [0.05, 0.1) is 16.1 Å². The van der Waals surface area contributed by atoms with Crippen molar-refractivity contribution in [2.24, 2.45) is 5.73 Å². The van der Waals surface area contributed by atoms with Crippen molar-refractivity contribution in [3.8, 4) is 0 Å². The van der Waals surface area contributed by atoms with E-state index < -0.39 is 5.91 Å². The average molecular weight is 309 g/mol. The first-order valence-corrected chi connectivity index (χ1v) is 7.69. The van der Waals surface area contributed by atoms with Crippen molar-refractivity contribution in [1.29, 1.82) is 0 Å². The zero-order valence-electron chi connectivity index (χ0n) is 10.9. The Hall–Kier alpha value is -1.86. The minimum Gasteiger partial charge on any atom is -0.397 e. The predicted molar refractivity (Wildman–Crippen MR) is 83.8 cm³/mol. The first-order valence-electron chi connectivity index (χ1n) is 6.00. The molecular formula is C13H15N3O2S2. The molecule has 0 aliphatic heterocycles. The second-order valence-electron chi connectivity index (χ2n) is 4.23. The molecule has 0 fully saturated rings. The Balaban J connectivity index is 2.16. The molecule has 0 aromatic carbocycles. The molecule has 2 aromatic rings. The number of primary amides is 1. The van der Waals surface area contributed by atoms with E-state index in [0.29, 0.717) is 16.4 Å². The van der Waals surface area contributed by atoms with E-state index in [4.69, 9.17) is 11.5 Å². The summed E-state index contributed by atoms with van der Waals surface area (Å²) in [7, 11) is 0. The summed E-state index contributed by atoms with van der Waals surface area (Å²) in [5.74, 6) is -0.786. The van der Waals surface area contributed by atoms with Crippen LogP contribution in [0.1, 0.15) is 31.8 Å². The second kappa shape index (κ2) is 6.06. The number of hydrogen-bond donors (Lipinski definition) is 3. The van der Waals surface area contributed by atoms with Gasteiger partial charge in [-0.15, -0.1) is 22.7 Å². The predicted octanol–water partition coefficient (Wildman–Crippen LogP) is 2.35. The molecule has 2 rings (SSSR count). The monoisotopic (exact) mass is 309 g/mol. The minimum atomic E-state index is -0.620. The van der Waals surface area contributed by atoms with Crippen LogP contribution in [0.25, 0.3) is 0 Å². The van der Waals surface area contributed by atoms with E-state index in [9.17, 15) is 9.59 Å². The van der Waals surface area contributed by atoms with Crippen molar-refractivity contribution in [3.63, 3.8) is 0 Å². The number of nitrogens with one attached hydrogen (secondary N) is 1. The van der Waals surface area contributed by atoms with Gasteiger partial charge in [0.15, 0.2) is 5.78 Å². The molecule has 1 amide bonds. The molecule has 20 heavy (non-hydrogen) atoms. The average Bonchev–Trinajstić information content (AvgIpc) is 2.97. The molecule has 0 spiro atoms. The Bertz CT molecular complexity index is 632. The van der Waals surface area contributed by atoms with Gasteiger partial charge < -0.3 is 16.8 Å². The van der Waals surface area contributed by atoms with Gasteiger partial charge in [0.2, 0.25) is 0 Å². The number of anilines is 2. The van der Waals surface area contributed by atoms with Crippen LogP contribution in [0.4, 0.5) is 10.7 Å². The van der Waals surface area contributed by atoms with Gasteiger partial charge in [-0.05, 0) is 17.9 Å². The summed E-state index contributed by atoms with van der Waals surface area (Å²) in [5, 5.41) is 5.72. The summed E-state index contributed by atoms with van der Waals surface area (Å²) in [5.41, 5.74) is 11.5. The molecule has 0 unspecified atom stereocenters. The molecule has 0 bridgehead atoms. The Morgan fingerprint density at radius 3 is 2.70 bits per heavy atom. The van der Waals surface area contributed by atoms with E-state index in [1.807, 2.05) is 17.5 Å². The van der Waals surface area contributed by atoms with Crippen LogP contribution in [-0.4, -0.2) is 18.2 Å². The number of nitrogens with two attached hydrogens (primary N) is 2. The second-order valence-corrected chi connectivity index (χ2v) is 6.28. The van der Waals surface area contributed by atoms with Gasteiger partial charge in [-0.25, -0.2) is 0 Å². The summed E-state index contributed by atoms with van der Waals surface area (Å²) in [6, 6.07) is 4.04. The highest BCUT2D eigenvalue weighted by Crippen LogP contribution is 2.35. The summed E-state index contributed by atoms with van der Waals surface area (Å²) in [4.78, 5) is 24.6. The quantitative estimate of drug-likeness (QED) is 0.713. The fraction of sp³-hybridized carbons (Fsp3) is 0.231. The van der Waals surface area contributed by atoms with Crippen LogP contribution >= 0.6 is 22.7 Å². The molecule has 2 heterocycles. The van der Waals surface area contributed by atoms with Crippen molar-refractivity contribution < 1.29 is 9.59 Å². The highest BCUT2D eigenvalue weighted by Gasteiger charge is 2.22. The van der Waals surface area contributed by atoms with Crippen LogP contribution in [0.3, 0.4) is 0 Å². The normalized spacial score (nSPS) is 10.4. The van der Waals surface area contributed by atoms with Gasteiger partial charge in [-0.1, -0.05) is 6.07 Å². The maximum atomic E-state index is 11.5. The largest absolute Gasteiger partial charge is 0.397 e. The Morgan fingerprint density at radius 2 is 2.15 bits per heavy atom. The molecule has 106 valence electrons. The molecule has 5 N–H and O–H groups in total. The Labute approximate surface area is 124 Å². The number of hydrogen-bond acceptors (Lipinski definition) is 6. The van der Waals surface area contributed by atoms with Gasteiger partial charge >= 0.3 is 0 Å². The summed E-state index contributed by atoms with van der Waals surface area (Å²) >= 11 is 2.85. The van der Waals surface area contributed by atoms with Crippen molar-refractivity contribution >= 4 is 45.1 Å². The van der Waals surface area contributed by atoms with Crippen molar-refractivity contribution in [3.05, 3.63) is 32.8 Å². The molecule has 5 nitrogen and oxygen atoms in total. The van der Waals surface area contributed by atoms with Gasteiger partial charge in [-0.2, -0.15) is 0 Å². The van der Waals surface area contributed by atoms with Crippen molar-refractivity contribution in [2.45, 2.75) is 13.3 Å². The number of carbonyl (C=O) groups is 2. The summed E-state index contributed by atoms with van der Waals surface area (Å²) in [6.07, 6.45) is 0.836. The first-order chi connectivity index (χ1) is 9.50. The zero-order valence-corrected chi connectivity index (χ0v) is 12.6. The number of ketones is 1. The lowest BCUT2D eigenvalue weighted by Gasteiger charge is -2.04. The van der Waals surface area contributed by atoms with Crippen LogP contribution < -0.4 is 16.8 Å². The van der Waals surface area contributed by atoms with Gasteiger partial charge in [0.1, 0.15) is 5.00 Å². The van der Waals surface area contributed by atoms with E-state index >= 15 is 0 Å². The van der Waals surface area contributed by atoms with Gasteiger partial charge in [0.25, 0.3) is 5.91 Å². The van der Waals surface area contributed by atoms with E-state index in [0.717, 1.165) is 6.42 Å². The lowest BCUT2D eigenvalue weighted by Crippen LogP contribution is -2.15. The molecule has 0 saturated heterocycles. The van der Waals surface area contributed by atoms with Crippen molar-refractivity contribution in [1.82, 2.24) is 0 Å². The molecule has 0 aliphatic carbocycles. The maximum Gasteiger partial charge on any atom is 0.253 e. The third-order valence-corrected chi connectivity index (χ3v) is 4.95.